The number of halogens is 1. The number of sulfonamides is 1. The number of hydrogen-bond acceptors (Lipinski definition) is 3. The Balaban J connectivity index is 2.33. The fraction of sp³-hybridized carbons (Fsp3) is 0.0714. The molecule has 0 atom stereocenters. The highest BCUT2D eigenvalue weighted by Gasteiger charge is 2.15. The predicted molar refractivity (Wildman–Crippen MR) is 84.3 cm³/mol. The molecule has 7 heteroatoms. The Bertz CT molecular complexity index is 787. The first-order chi connectivity index (χ1) is 9.79. The third-order valence-corrected chi connectivity index (χ3v) is 4.47. The Hall–Kier alpha value is -1.99. The van der Waals surface area contributed by atoms with E-state index in [9.17, 15) is 12.8 Å². The van der Waals surface area contributed by atoms with Crippen molar-refractivity contribution < 1.29 is 12.8 Å². The molecular formula is C14H13FN2O2S2. The summed E-state index contributed by atoms with van der Waals surface area (Å²) in [6.07, 6.45) is 0. The molecule has 0 spiro atoms. The maximum absolute atomic E-state index is 12.8. The maximum atomic E-state index is 12.8. The topological polar surface area (TPSA) is 72.2 Å². The predicted octanol–water partition coefficient (Wildman–Crippen LogP) is 2.57. The molecule has 21 heavy (non-hydrogen) atoms. The van der Waals surface area contributed by atoms with Crippen molar-refractivity contribution in [2.75, 3.05) is 4.72 Å². The SMILES string of the molecule is Cc1cc(S(=O)(=O)Nc2ccc(F)cc2)ccc1C(N)=S. The molecule has 0 aromatic heterocycles. The van der Waals surface area contributed by atoms with Crippen molar-refractivity contribution in [2.45, 2.75) is 11.8 Å². The van der Waals surface area contributed by atoms with E-state index in [0.29, 0.717) is 11.1 Å². The van der Waals surface area contributed by atoms with Gasteiger partial charge in [-0.2, -0.15) is 0 Å². The Morgan fingerprint density at radius 2 is 1.81 bits per heavy atom. The van der Waals surface area contributed by atoms with E-state index in [1.165, 1.54) is 36.4 Å². The Kier molecular flexibility index (Phi) is 4.24. The zero-order valence-electron chi connectivity index (χ0n) is 11.1. The van der Waals surface area contributed by atoms with Crippen molar-refractivity contribution in [3.8, 4) is 0 Å². The van der Waals surface area contributed by atoms with E-state index in [1.807, 2.05) is 0 Å². The van der Waals surface area contributed by atoms with Gasteiger partial charge < -0.3 is 5.73 Å². The minimum atomic E-state index is -3.75. The first kappa shape index (κ1) is 15.4. The Labute approximate surface area is 127 Å². The van der Waals surface area contributed by atoms with Gasteiger partial charge in [0.15, 0.2) is 0 Å². The zero-order valence-corrected chi connectivity index (χ0v) is 12.8. The van der Waals surface area contributed by atoms with Crippen LogP contribution in [-0.4, -0.2) is 13.4 Å². The van der Waals surface area contributed by atoms with Crippen molar-refractivity contribution >= 4 is 32.9 Å². The van der Waals surface area contributed by atoms with Crippen LogP contribution in [0.25, 0.3) is 0 Å². The molecule has 0 aliphatic rings. The lowest BCUT2D eigenvalue weighted by atomic mass is 10.1. The molecule has 0 saturated carbocycles. The molecule has 110 valence electrons. The third-order valence-electron chi connectivity index (χ3n) is 2.87. The molecule has 0 radical (unpaired) electrons. The summed E-state index contributed by atoms with van der Waals surface area (Å²) in [7, 11) is -3.75. The van der Waals surface area contributed by atoms with Crippen molar-refractivity contribution in [3.05, 3.63) is 59.4 Å². The van der Waals surface area contributed by atoms with E-state index in [1.54, 1.807) is 13.0 Å². The minimum Gasteiger partial charge on any atom is -0.389 e. The maximum Gasteiger partial charge on any atom is 0.261 e. The van der Waals surface area contributed by atoms with Crippen molar-refractivity contribution in [1.29, 1.82) is 0 Å². The molecule has 0 unspecified atom stereocenters. The summed E-state index contributed by atoms with van der Waals surface area (Å²) in [5, 5.41) is 0. The van der Waals surface area contributed by atoms with E-state index in [-0.39, 0.29) is 15.6 Å². The Morgan fingerprint density at radius 1 is 1.19 bits per heavy atom. The summed E-state index contributed by atoms with van der Waals surface area (Å²) in [6, 6.07) is 9.54. The monoisotopic (exact) mass is 324 g/mol. The fourth-order valence-corrected chi connectivity index (χ4v) is 3.18. The summed E-state index contributed by atoms with van der Waals surface area (Å²) < 4.78 is 39.7. The largest absolute Gasteiger partial charge is 0.389 e. The van der Waals surface area contributed by atoms with Crippen molar-refractivity contribution in [2.24, 2.45) is 5.73 Å². The number of nitrogens with two attached hydrogens (primary N) is 1. The van der Waals surface area contributed by atoms with E-state index in [0.717, 1.165) is 0 Å². The molecule has 0 heterocycles. The van der Waals surface area contributed by atoms with Gasteiger partial charge in [0, 0.05) is 11.3 Å². The number of nitrogens with one attached hydrogen (secondary N) is 1. The summed E-state index contributed by atoms with van der Waals surface area (Å²) in [5.41, 5.74) is 7.13. The lowest BCUT2D eigenvalue weighted by Gasteiger charge is -2.10. The van der Waals surface area contributed by atoms with Gasteiger partial charge >= 0.3 is 0 Å². The molecule has 0 aliphatic carbocycles. The van der Waals surface area contributed by atoms with Gasteiger partial charge in [0.25, 0.3) is 10.0 Å². The first-order valence-electron chi connectivity index (χ1n) is 5.98. The van der Waals surface area contributed by atoms with Crippen LogP contribution < -0.4 is 10.5 Å². The number of hydrogen-bond donors (Lipinski definition) is 2. The smallest absolute Gasteiger partial charge is 0.261 e. The third kappa shape index (κ3) is 3.56. The van der Waals surface area contributed by atoms with Gasteiger partial charge in [-0.25, -0.2) is 12.8 Å². The molecule has 0 fully saturated rings. The second-order valence-corrected chi connectivity index (χ2v) is 6.58. The van der Waals surface area contributed by atoms with Crippen LogP contribution in [0.5, 0.6) is 0 Å². The highest BCUT2D eigenvalue weighted by atomic mass is 32.2. The molecule has 2 rings (SSSR count). The molecular weight excluding hydrogens is 311 g/mol. The van der Waals surface area contributed by atoms with Crippen molar-refractivity contribution in [3.63, 3.8) is 0 Å². The number of benzene rings is 2. The summed E-state index contributed by atoms with van der Waals surface area (Å²) in [4.78, 5) is 0.298. The van der Waals surface area contributed by atoms with E-state index < -0.39 is 15.8 Å². The fourth-order valence-electron chi connectivity index (χ4n) is 1.81. The van der Waals surface area contributed by atoms with Gasteiger partial charge in [-0.15, -0.1) is 0 Å². The quantitative estimate of drug-likeness (QED) is 0.848. The van der Waals surface area contributed by atoms with Crippen LogP contribution in [0.15, 0.2) is 47.4 Å². The molecule has 4 nitrogen and oxygen atoms in total. The highest BCUT2D eigenvalue weighted by molar-refractivity contribution is 7.92. The van der Waals surface area contributed by atoms with E-state index >= 15 is 0 Å². The van der Waals surface area contributed by atoms with Crippen LogP contribution in [0.1, 0.15) is 11.1 Å². The summed E-state index contributed by atoms with van der Waals surface area (Å²) in [6.45, 7) is 1.73. The van der Waals surface area contributed by atoms with Crippen LogP contribution >= 0.6 is 12.2 Å². The number of rotatable bonds is 4. The number of anilines is 1. The molecule has 0 bridgehead atoms. The molecule has 3 N–H and O–H groups in total. The molecule has 0 amide bonds. The lowest BCUT2D eigenvalue weighted by molar-refractivity contribution is 0.601. The van der Waals surface area contributed by atoms with Crippen LogP contribution in [0, 0.1) is 12.7 Å². The van der Waals surface area contributed by atoms with Gasteiger partial charge in [-0.3, -0.25) is 4.72 Å². The second kappa shape index (κ2) is 5.79. The van der Waals surface area contributed by atoms with Crippen LogP contribution in [0.2, 0.25) is 0 Å². The van der Waals surface area contributed by atoms with Crippen molar-refractivity contribution in [1.82, 2.24) is 0 Å². The second-order valence-electron chi connectivity index (χ2n) is 4.45. The number of aryl methyl sites for hydroxylation is 1. The van der Waals surface area contributed by atoms with E-state index in [2.05, 4.69) is 4.72 Å². The summed E-state index contributed by atoms with van der Waals surface area (Å²) in [5.74, 6) is -0.436. The van der Waals surface area contributed by atoms with Gasteiger partial charge in [0.1, 0.15) is 10.8 Å². The summed E-state index contributed by atoms with van der Waals surface area (Å²) >= 11 is 4.88. The molecule has 0 saturated heterocycles. The average molecular weight is 324 g/mol. The molecule has 2 aromatic rings. The average Bonchev–Trinajstić information content (AvgIpc) is 2.40. The first-order valence-corrected chi connectivity index (χ1v) is 7.87. The normalized spacial score (nSPS) is 11.1. The van der Waals surface area contributed by atoms with Gasteiger partial charge in [-0.05, 0) is 48.9 Å². The lowest BCUT2D eigenvalue weighted by Crippen LogP contribution is -2.15. The zero-order chi connectivity index (χ0) is 15.6. The standard InChI is InChI=1S/C14H13FN2O2S2/c1-9-8-12(6-7-13(9)14(16)20)21(18,19)17-11-4-2-10(15)3-5-11/h2-8,17H,1H3,(H2,16,20). The van der Waals surface area contributed by atoms with Gasteiger partial charge in [0.05, 0.1) is 4.90 Å². The van der Waals surface area contributed by atoms with Gasteiger partial charge in [-0.1, -0.05) is 18.3 Å². The Morgan fingerprint density at radius 3 is 2.33 bits per heavy atom. The van der Waals surface area contributed by atoms with E-state index in [4.69, 9.17) is 18.0 Å². The highest BCUT2D eigenvalue weighted by Crippen LogP contribution is 2.19. The number of thiocarbonyl (C=S) groups is 1. The van der Waals surface area contributed by atoms with Crippen LogP contribution in [-0.2, 0) is 10.0 Å². The minimum absolute atomic E-state index is 0.0873. The van der Waals surface area contributed by atoms with Crippen LogP contribution in [0.4, 0.5) is 10.1 Å². The molecule has 2 aromatic carbocycles. The van der Waals surface area contributed by atoms with Gasteiger partial charge in [0.2, 0.25) is 0 Å². The van der Waals surface area contributed by atoms with Crippen LogP contribution in [0.3, 0.4) is 0 Å². The molecule has 0 aliphatic heterocycles.